The van der Waals surface area contributed by atoms with Crippen LogP contribution in [0, 0.1) is 5.82 Å². The van der Waals surface area contributed by atoms with Gasteiger partial charge in [-0.25, -0.2) is 12.8 Å². The highest BCUT2D eigenvalue weighted by molar-refractivity contribution is 7.71. The van der Waals surface area contributed by atoms with Gasteiger partial charge in [0.25, 0.3) is 0 Å². The number of benzene rings is 3. The highest BCUT2D eigenvalue weighted by Crippen LogP contribution is 2.45. The molecule has 0 fully saturated rings. The zero-order valence-electron chi connectivity index (χ0n) is 15.2. The molecule has 1 atom stereocenters. The van der Waals surface area contributed by atoms with E-state index in [9.17, 15) is 17.6 Å². The van der Waals surface area contributed by atoms with Crippen LogP contribution in [0.1, 0.15) is 28.2 Å². The van der Waals surface area contributed by atoms with Gasteiger partial charge < -0.3 is 9.53 Å². The highest BCUT2D eigenvalue weighted by atomic mass is 32.2. The number of para-hydroxylation sites is 1. The summed E-state index contributed by atoms with van der Waals surface area (Å²) in [6, 6.07) is 20.2. The monoisotopic (exact) mass is 408 g/mol. The van der Waals surface area contributed by atoms with E-state index in [1.807, 2.05) is 18.2 Å². The van der Waals surface area contributed by atoms with Crippen LogP contribution in [0.3, 0.4) is 0 Å². The quantitative estimate of drug-likeness (QED) is 0.508. The molecule has 1 unspecified atom stereocenters. The van der Waals surface area contributed by atoms with E-state index in [0.29, 0.717) is 39.3 Å². The van der Waals surface area contributed by atoms with E-state index in [2.05, 4.69) is 0 Å². The third-order valence-corrected chi connectivity index (χ3v) is 5.44. The van der Waals surface area contributed by atoms with Crippen molar-refractivity contribution in [3.05, 3.63) is 101 Å². The Labute approximate surface area is 169 Å². The zero-order chi connectivity index (χ0) is 20.4. The SMILES string of the molecule is O=CC1C(c2cccc(F)c2)=C(c2ccc(C[SH](=O)=O)cc2)Oc2ccccc21. The van der Waals surface area contributed by atoms with Crippen LogP contribution >= 0.6 is 0 Å². The predicted molar refractivity (Wildman–Crippen MR) is 110 cm³/mol. The lowest BCUT2D eigenvalue weighted by Crippen LogP contribution is -2.16. The molecule has 1 heterocycles. The lowest BCUT2D eigenvalue weighted by atomic mass is 9.83. The summed E-state index contributed by atoms with van der Waals surface area (Å²) >= 11 is 0. The van der Waals surface area contributed by atoms with Gasteiger partial charge in [0.05, 0.1) is 11.7 Å². The number of halogens is 1. The average molecular weight is 408 g/mol. The summed E-state index contributed by atoms with van der Waals surface area (Å²) in [7, 11) is -2.53. The number of carbonyl (C=O) groups is 1. The molecule has 1 aliphatic heterocycles. The van der Waals surface area contributed by atoms with E-state index in [4.69, 9.17) is 4.74 Å². The minimum atomic E-state index is -2.53. The number of hydrogen-bond acceptors (Lipinski definition) is 4. The van der Waals surface area contributed by atoms with E-state index in [1.165, 1.54) is 12.1 Å². The summed E-state index contributed by atoms with van der Waals surface area (Å²) < 4.78 is 42.0. The van der Waals surface area contributed by atoms with Gasteiger partial charge in [-0.15, -0.1) is 0 Å². The summed E-state index contributed by atoms with van der Waals surface area (Å²) in [5, 5.41) is 0. The molecule has 0 spiro atoms. The summed E-state index contributed by atoms with van der Waals surface area (Å²) in [6.07, 6.45) is 0.831. The summed E-state index contributed by atoms with van der Waals surface area (Å²) in [6.45, 7) is 0. The van der Waals surface area contributed by atoms with Crippen LogP contribution in [0.25, 0.3) is 11.3 Å². The summed E-state index contributed by atoms with van der Waals surface area (Å²) in [4.78, 5) is 12.1. The Hall–Kier alpha value is -3.25. The van der Waals surface area contributed by atoms with Crippen molar-refractivity contribution < 1.29 is 22.3 Å². The molecule has 0 bridgehead atoms. The molecule has 4 nitrogen and oxygen atoms in total. The molecule has 0 aliphatic carbocycles. The first-order valence-corrected chi connectivity index (χ1v) is 10.4. The number of ether oxygens (including phenoxy) is 1. The van der Waals surface area contributed by atoms with Gasteiger partial charge in [-0.1, -0.05) is 54.6 Å². The van der Waals surface area contributed by atoms with Gasteiger partial charge in [0.2, 0.25) is 0 Å². The maximum atomic E-state index is 13.9. The Morgan fingerprint density at radius 2 is 1.69 bits per heavy atom. The molecule has 29 heavy (non-hydrogen) atoms. The van der Waals surface area contributed by atoms with E-state index in [-0.39, 0.29) is 5.75 Å². The number of carbonyl (C=O) groups excluding carboxylic acids is 1. The number of hydrogen-bond donors (Lipinski definition) is 1. The zero-order valence-corrected chi connectivity index (χ0v) is 16.1. The van der Waals surface area contributed by atoms with Gasteiger partial charge >= 0.3 is 0 Å². The standard InChI is InChI=1S/C23H17FO4S/c24-18-5-3-4-17(12-18)22-20(13-25)19-6-1-2-7-21(19)28-23(22)16-10-8-15(9-11-16)14-29(26)27/h1-13,20,29H,14H2. The Morgan fingerprint density at radius 3 is 2.38 bits per heavy atom. The normalized spacial score (nSPS) is 15.7. The molecule has 3 aromatic rings. The first kappa shape index (κ1) is 19.1. The predicted octanol–water partition coefficient (Wildman–Crippen LogP) is 4.18. The summed E-state index contributed by atoms with van der Waals surface area (Å²) in [5.41, 5.74) is 3.17. The van der Waals surface area contributed by atoms with Crippen molar-refractivity contribution in [1.82, 2.24) is 0 Å². The van der Waals surface area contributed by atoms with Gasteiger partial charge in [0.15, 0.2) is 0 Å². The van der Waals surface area contributed by atoms with Gasteiger partial charge in [0.1, 0.15) is 34.3 Å². The smallest absolute Gasteiger partial charge is 0.144 e. The second kappa shape index (κ2) is 8.01. The van der Waals surface area contributed by atoms with Gasteiger partial charge in [-0.05, 0) is 29.3 Å². The summed E-state index contributed by atoms with van der Waals surface area (Å²) in [5.74, 6) is -0.0672. The van der Waals surface area contributed by atoms with Crippen molar-refractivity contribution in [3.63, 3.8) is 0 Å². The molecule has 0 radical (unpaired) electrons. The average Bonchev–Trinajstić information content (AvgIpc) is 2.72. The lowest BCUT2D eigenvalue weighted by molar-refractivity contribution is -0.108. The minimum absolute atomic E-state index is 0.0495. The Balaban J connectivity index is 1.91. The molecule has 0 amide bonds. The Kier molecular flexibility index (Phi) is 5.27. The third kappa shape index (κ3) is 3.84. The van der Waals surface area contributed by atoms with Crippen LogP contribution in [0.2, 0.25) is 0 Å². The third-order valence-electron chi connectivity index (χ3n) is 4.82. The van der Waals surface area contributed by atoms with Crippen LogP contribution in [-0.2, 0) is 21.3 Å². The fraction of sp³-hybridized carbons (Fsp3) is 0.0870. The maximum Gasteiger partial charge on any atom is 0.144 e. The molecule has 0 saturated carbocycles. The van der Waals surface area contributed by atoms with Crippen molar-refractivity contribution in [2.24, 2.45) is 0 Å². The maximum absolute atomic E-state index is 13.9. The molecule has 0 saturated heterocycles. The molecular weight excluding hydrogens is 391 g/mol. The Morgan fingerprint density at radius 1 is 0.931 bits per heavy atom. The second-order valence-electron chi connectivity index (χ2n) is 6.69. The van der Waals surface area contributed by atoms with E-state index < -0.39 is 22.4 Å². The van der Waals surface area contributed by atoms with Crippen LogP contribution in [0.5, 0.6) is 5.75 Å². The van der Waals surface area contributed by atoms with Gasteiger partial charge in [-0.3, -0.25) is 0 Å². The number of rotatable bonds is 5. The molecule has 146 valence electrons. The molecule has 0 aromatic heterocycles. The first-order chi connectivity index (χ1) is 14.1. The fourth-order valence-electron chi connectivity index (χ4n) is 3.53. The van der Waals surface area contributed by atoms with Crippen LogP contribution in [0.4, 0.5) is 4.39 Å². The molecule has 6 heteroatoms. The lowest BCUT2D eigenvalue weighted by Gasteiger charge is -2.28. The molecule has 1 aliphatic rings. The molecular formula is C23H17FO4S. The Bertz CT molecular complexity index is 1170. The van der Waals surface area contributed by atoms with Gasteiger partial charge in [0, 0.05) is 16.7 Å². The van der Waals surface area contributed by atoms with Gasteiger partial charge in [-0.2, -0.15) is 0 Å². The first-order valence-electron chi connectivity index (χ1n) is 9.00. The van der Waals surface area contributed by atoms with Crippen molar-refractivity contribution in [1.29, 1.82) is 0 Å². The van der Waals surface area contributed by atoms with Crippen LogP contribution in [0.15, 0.2) is 72.8 Å². The number of fused-ring (bicyclic) bond motifs is 1. The van der Waals surface area contributed by atoms with E-state index in [1.54, 1.807) is 42.5 Å². The van der Waals surface area contributed by atoms with Crippen LogP contribution < -0.4 is 4.74 Å². The van der Waals surface area contributed by atoms with E-state index in [0.717, 1.165) is 6.29 Å². The molecule has 3 aromatic carbocycles. The second-order valence-corrected chi connectivity index (χ2v) is 7.68. The topological polar surface area (TPSA) is 60.4 Å². The van der Waals surface area contributed by atoms with Crippen molar-refractivity contribution in [2.75, 3.05) is 0 Å². The number of aldehydes is 1. The number of allylic oxidation sites excluding steroid dienone is 1. The van der Waals surface area contributed by atoms with E-state index >= 15 is 0 Å². The molecule has 4 rings (SSSR count). The minimum Gasteiger partial charge on any atom is -0.456 e. The van der Waals surface area contributed by atoms with Crippen molar-refractivity contribution in [3.8, 4) is 5.75 Å². The van der Waals surface area contributed by atoms with Crippen molar-refractivity contribution in [2.45, 2.75) is 11.7 Å². The number of thiol groups is 1. The van der Waals surface area contributed by atoms with Crippen molar-refractivity contribution >= 4 is 28.3 Å². The fourth-order valence-corrected chi connectivity index (χ4v) is 4.03. The van der Waals surface area contributed by atoms with Crippen LogP contribution in [-0.4, -0.2) is 14.7 Å². The molecule has 0 N–H and O–H groups in total. The highest BCUT2D eigenvalue weighted by Gasteiger charge is 2.31. The largest absolute Gasteiger partial charge is 0.456 e.